The Morgan fingerprint density at radius 3 is 2.62 bits per heavy atom. The summed E-state index contributed by atoms with van der Waals surface area (Å²) in [7, 11) is 1.64. The Hall–Kier alpha value is -3.22. The van der Waals surface area contributed by atoms with Crippen LogP contribution in [0.15, 0.2) is 47.5 Å². The number of hydrogen-bond donors (Lipinski definition) is 1. The SMILES string of the molecule is Cn1c(-c2cccnc2)nc2cccc(NC(=O)OC(C)(C)C)c2c1=O. The second-order valence-electron chi connectivity index (χ2n) is 6.87. The molecule has 1 amide bonds. The Kier molecular flexibility index (Phi) is 4.46. The predicted molar refractivity (Wildman–Crippen MR) is 100 cm³/mol. The molecule has 1 N–H and O–H groups in total. The largest absolute Gasteiger partial charge is 0.444 e. The zero-order valence-electron chi connectivity index (χ0n) is 15.1. The van der Waals surface area contributed by atoms with Crippen molar-refractivity contribution in [2.24, 2.45) is 7.05 Å². The van der Waals surface area contributed by atoms with Gasteiger partial charge in [-0.3, -0.25) is 19.7 Å². The lowest BCUT2D eigenvalue weighted by Gasteiger charge is -2.20. The van der Waals surface area contributed by atoms with Crippen LogP contribution >= 0.6 is 0 Å². The minimum atomic E-state index is -0.634. The number of pyridine rings is 1. The summed E-state index contributed by atoms with van der Waals surface area (Å²) >= 11 is 0. The van der Waals surface area contributed by atoms with Gasteiger partial charge in [0.25, 0.3) is 5.56 Å². The molecule has 0 saturated heterocycles. The van der Waals surface area contributed by atoms with Gasteiger partial charge in [0.2, 0.25) is 0 Å². The quantitative estimate of drug-likeness (QED) is 0.764. The number of nitrogens with zero attached hydrogens (tertiary/aromatic N) is 3. The Morgan fingerprint density at radius 2 is 1.96 bits per heavy atom. The molecule has 0 fully saturated rings. The normalized spacial score (nSPS) is 11.4. The van der Waals surface area contributed by atoms with Gasteiger partial charge in [-0.2, -0.15) is 0 Å². The van der Waals surface area contributed by atoms with E-state index in [9.17, 15) is 9.59 Å². The highest BCUT2D eigenvalue weighted by Crippen LogP contribution is 2.23. The summed E-state index contributed by atoms with van der Waals surface area (Å²) in [6, 6.07) is 8.74. The molecule has 0 radical (unpaired) electrons. The summed E-state index contributed by atoms with van der Waals surface area (Å²) in [6.45, 7) is 5.32. The van der Waals surface area contributed by atoms with Crippen molar-refractivity contribution < 1.29 is 9.53 Å². The number of carbonyl (C=O) groups excluding carboxylic acids is 1. The fraction of sp³-hybridized carbons (Fsp3) is 0.263. The molecule has 0 aliphatic carbocycles. The second-order valence-corrected chi connectivity index (χ2v) is 6.87. The highest BCUT2D eigenvalue weighted by atomic mass is 16.6. The van der Waals surface area contributed by atoms with Crippen molar-refractivity contribution in [3.8, 4) is 11.4 Å². The maximum absolute atomic E-state index is 12.9. The van der Waals surface area contributed by atoms with Crippen molar-refractivity contribution >= 4 is 22.7 Å². The lowest BCUT2D eigenvalue weighted by molar-refractivity contribution is 0.0636. The zero-order valence-corrected chi connectivity index (χ0v) is 15.1. The van der Waals surface area contributed by atoms with E-state index in [1.165, 1.54) is 4.57 Å². The van der Waals surface area contributed by atoms with Crippen molar-refractivity contribution in [1.82, 2.24) is 14.5 Å². The number of benzene rings is 1. The summed E-state index contributed by atoms with van der Waals surface area (Å²) in [5.41, 5.74) is 0.689. The van der Waals surface area contributed by atoms with Crippen LogP contribution in [-0.4, -0.2) is 26.2 Å². The van der Waals surface area contributed by atoms with Gasteiger partial charge >= 0.3 is 6.09 Å². The number of anilines is 1. The number of fused-ring (bicyclic) bond motifs is 1. The molecule has 134 valence electrons. The molecule has 2 heterocycles. The number of aromatic nitrogens is 3. The lowest BCUT2D eigenvalue weighted by atomic mass is 10.2. The number of ether oxygens (including phenoxy) is 1. The van der Waals surface area contributed by atoms with E-state index in [1.54, 1.807) is 64.5 Å². The minimum absolute atomic E-state index is 0.263. The minimum Gasteiger partial charge on any atom is -0.444 e. The molecule has 0 bridgehead atoms. The second kappa shape index (κ2) is 6.59. The van der Waals surface area contributed by atoms with Crippen molar-refractivity contribution in [3.05, 3.63) is 53.1 Å². The van der Waals surface area contributed by atoms with Crippen molar-refractivity contribution in [2.45, 2.75) is 26.4 Å². The molecule has 3 rings (SSSR count). The molecule has 7 nitrogen and oxygen atoms in total. The van der Waals surface area contributed by atoms with E-state index in [-0.39, 0.29) is 5.56 Å². The average molecular weight is 352 g/mol. The molecule has 0 unspecified atom stereocenters. The number of amides is 1. The highest BCUT2D eigenvalue weighted by Gasteiger charge is 2.19. The van der Waals surface area contributed by atoms with Crippen LogP contribution in [-0.2, 0) is 11.8 Å². The Balaban J connectivity index is 2.10. The maximum atomic E-state index is 12.9. The molecule has 0 spiro atoms. The third kappa shape index (κ3) is 3.56. The molecule has 0 saturated carbocycles. The summed E-state index contributed by atoms with van der Waals surface area (Å²) < 4.78 is 6.71. The van der Waals surface area contributed by atoms with Crippen LogP contribution in [0.25, 0.3) is 22.3 Å². The Morgan fingerprint density at radius 1 is 1.19 bits per heavy atom. The summed E-state index contributed by atoms with van der Waals surface area (Å²) in [6.07, 6.45) is 2.69. The van der Waals surface area contributed by atoms with Gasteiger partial charge in [0.1, 0.15) is 11.4 Å². The average Bonchev–Trinajstić information content (AvgIpc) is 2.57. The van der Waals surface area contributed by atoms with E-state index in [1.807, 2.05) is 6.07 Å². The van der Waals surface area contributed by atoms with Crippen molar-refractivity contribution in [2.75, 3.05) is 5.32 Å². The fourth-order valence-corrected chi connectivity index (χ4v) is 2.58. The van der Waals surface area contributed by atoms with Gasteiger partial charge in [-0.05, 0) is 45.0 Å². The molecule has 0 aliphatic heterocycles. The van der Waals surface area contributed by atoms with Crippen LogP contribution in [0.1, 0.15) is 20.8 Å². The molecular formula is C19H20N4O3. The van der Waals surface area contributed by atoms with Crippen LogP contribution in [0.2, 0.25) is 0 Å². The van der Waals surface area contributed by atoms with Gasteiger partial charge in [-0.15, -0.1) is 0 Å². The molecule has 7 heteroatoms. The van der Waals surface area contributed by atoms with Crippen LogP contribution in [0.3, 0.4) is 0 Å². The fourth-order valence-electron chi connectivity index (χ4n) is 2.58. The first-order valence-electron chi connectivity index (χ1n) is 8.16. The maximum Gasteiger partial charge on any atom is 0.412 e. The topological polar surface area (TPSA) is 86.1 Å². The predicted octanol–water partition coefficient (Wildman–Crippen LogP) is 3.34. The molecule has 0 aliphatic rings. The van der Waals surface area contributed by atoms with E-state index in [2.05, 4.69) is 15.3 Å². The van der Waals surface area contributed by atoms with E-state index in [0.29, 0.717) is 22.4 Å². The third-order valence-corrected chi connectivity index (χ3v) is 3.66. The number of nitrogens with one attached hydrogen (secondary N) is 1. The first-order valence-corrected chi connectivity index (χ1v) is 8.16. The number of hydrogen-bond acceptors (Lipinski definition) is 5. The van der Waals surface area contributed by atoms with Gasteiger partial charge in [0.05, 0.1) is 16.6 Å². The van der Waals surface area contributed by atoms with Gasteiger partial charge in [-0.1, -0.05) is 6.07 Å². The molecule has 1 aromatic carbocycles. The van der Waals surface area contributed by atoms with Gasteiger partial charge in [-0.25, -0.2) is 9.78 Å². The monoisotopic (exact) mass is 352 g/mol. The molecular weight excluding hydrogens is 332 g/mol. The van der Waals surface area contributed by atoms with Crippen molar-refractivity contribution in [1.29, 1.82) is 0 Å². The number of rotatable bonds is 2. The molecule has 3 aromatic rings. The first kappa shape index (κ1) is 17.6. The van der Waals surface area contributed by atoms with E-state index < -0.39 is 11.7 Å². The lowest BCUT2D eigenvalue weighted by Crippen LogP contribution is -2.28. The standard InChI is InChI=1S/C19H20N4O3/c1-19(2,3)26-18(25)22-14-9-5-8-13-15(14)17(24)23(4)16(21-13)12-7-6-10-20-11-12/h5-11H,1-4H3,(H,22,25). The smallest absolute Gasteiger partial charge is 0.412 e. The van der Waals surface area contributed by atoms with Crippen LogP contribution in [0, 0.1) is 0 Å². The molecule has 2 aromatic heterocycles. The van der Waals surface area contributed by atoms with Gasteiger partial charge in [0.15, 0.2) is 0 Å². The molecule has 26 heavy (non-hydrogen) atoms. The third-order valence-electron chi connectivity index (χ3n) is 3.66. The van der Waals surface area contributed by atoms with Gasteiger partial charge in [0, 0.05) is 25.0 Å². The highest BCUT2D eigenvalue weighted by molar-refractivity contribution is 5.98. The Bertz CT molecular complexity index is 1020. The summed E-state index contributed by atoms with van der Waals surface area (Å²) in [5, 5.41) is 2.97. The van der Waals surface area contributed by atoms with Crippen molar-refractivity contribution in [3.63, 3.8) is 0 Å². The zero-order chi connectivity index (χ0) is 18.9. The van der Waals surface area contributed by atoms with E-state index in [0.717, 1.165) is 5.56 Å². The van der Waals surface area contributed by atoms with Crippen LogP contribution in [0.5, 0.6) is 0 Å². The van der Waals surface area contributed by atoms with Crippen LogP contribution < -0.4 is 10.9 Å². The summed E-state index contributed by atoms with van der Waals surface area (Å²) in [5.74, 6) is 0.505. The van der Waals surface area contributed by atoms with Gasteiger partial charge < -0.3 is 4.74 Å². The van der Waals surface area contributed by atoms with E-state index in [4.69, 9.17) is 4.74 Å². The first-order chi connectivity index (χ1) is 12.3. The summed E-state index contributed by atoms with van der Waals surface area (Å²) in [4.78, 5) is 33.7. The molecule has 0 atom stereocenters. The van der Waals surface area contributed by atoms with Crippen LogP contribution in [0.4, 0.5) is 10.5 Å². The Labute approximate surface area is 150 Å². The van der Waals surface area contributed by atoms with E-state index >= 15 is 0 Å². The number of carbonyl (C=O) groups is 1.